The smallest absolute Gasteiger partial charge is 0.193 e. The van der Waals surface area contributed by atoms with Gasteiger partial charge in [0.1, 0.15) is 5.82 Å². The molecule has 0 spiro atoms. The number of rotatable bonds is 2. The van der Waals surface area contributed by atoms with Crippen molar-refractivity contribution in [2.24, 2.45) is 4.99 Å². The number of piperazine rings is 1. The SMILES string of the molecule is CN=C(NC)N1CCN(Cc2ccc(Br)c(F)c2)CC1.I. The molecule has 1 fully saturated rings. The molecule has 7 heteroatoms. The Hall–Kier alpha value is -0.410. The van der Waals surface area contributed by atoms with Crippen LogP contribution in [0.1, 0.15) is 5.56 Å². The number of guanidine groups is 1. The van der Waals surface area contributed by atoms with Crippen molar-refractivity contribution in [2.45, 2.75) is 6.54 Å². The van der Waals surface area contributed by atoms with Gasteiger partial charge in [-0.15, -0.1) is 24.0 Å². The van der Waals surface area contributed by atoms with Gasteiger partial charge < -0.3 is 10.2 Å². The molecule has 2 rings (SSSR count). The molecule has 1 saturated heterocycles. The predicted molar refractivity (Wildman–Crippen MR) is 98.8 cm³/mol. The number of nitrogens with one attached hydrogen (secondary N) is 1. The fourth-order valence-electron chi connectivity index (χ4n) is 2.43. The lowest BCUT2D eigenvalue weighted by atomic mass is 10.2. The summed E-state index contributed by atoms with van der Waals surface area (Å²) >= 11 is 3.18. The van der Waals surface area contributed by atoms with Crippen LogP contribution in [0.3, 0.4) is 0 Å². The van der Waals surface area contributed by atoms with Gasteiger partial charge in [0.15, 0.2) is 5.96 Å². The highest BCUT2D eigenvalue weighted by atomic mass is 127. The first-order chi connectivity index (χ1) is 9.63. The molecule has 0 amide bonds. The second-order valence-corrected chi connectivity index (χ2v) is 5.66. The Kier molecular flexibility index (Phi) is 7.89. The zero-order chi connectivity index (χ0) is 14.5. The van der Waals surface area contributed by atoms with Crippen molar-refractivity contribution in [3.63, 3.8) is 0 Å². The lowest BCUT2D eigenvalue weighted by Crippen LogP contribution is -2.51. The molecule has 0 bridgehead atoms. The first kappa shape index (κ1) is 18.6. The maximum absolute atomic E-state index is 13.5. The third-order valence-electron chi connectivity index (χ3n) is 3.50. The lowest BCUT2D eigenvalue weighted by Gasteiger charge is -2.36. The average Bonchev–Trinajstić information content (AvgIpc) is 2.46. The molecule has 4 nitrogen and oxygen atoms in total. The molecule has 118 valence electrons. The number of hydrogen-bond acceptors (Lipinski definition) is 2. The monoisotopic (exact) mass is 470 g/mol. The number of halogens is 3. The Balaban J connectivity index is 0.00000220. The van der Waals surface area contributed by atoms with E-state index in [9.17, 15) is 4.39 Å². The molecule has 0 radical (unpaired) electrons. The number of hydrogen-bond donors (Lipinski definition) is 1. The van der Waals surface area contributed by atoms with Gasteiger partial charge in [0.2, 0.25) is 0 Å². The highest BCUT2D eigenvalue weighted by Crippen LogP contribution is 2.18. The summed E-state index contributed by atoms with van der Waals surface area (Å²) in [6.07, 6.45) is 0. The molecule has 0 saturated carbocycles. The Morgan fingerprint density at radius 1 is 1.33 bits per heavy atom. The van der Waals surface area contributed by atoms with E-state index in [1.807, 2.05) is 13.1 Å². The van der Waals surface area contributed by atoms with Crippen LogP contribution in [0.15, 0.2) is 27.7 Å². The van der Waals surface area contributed by atoms with Gasteiger partial charge in [-0.2, -0.15) is 0 Å². The molecule has 1 aromatic rings. The lowest BCUT2D eigenvalue weighted by molar-refractivity contribution is 0.173. The second-order valence-electron chi connectivity index (χ2n) is 4.81. The normalized spacial score (nSPS) is 16.6. The number of aliphatic imine (C=N–C) groups is 1. The van der Waals surface area contributed by atoms with Crippen LogP contribution >= 0.6 is 39.9 Å². The van der Waals surface area contributed by atoms with Gasteiger partial charge >= 0.3 is 0 Å². The fourth-order valence-corrected chi connectivity index (χ4v) is 2.67. The third-order valence-corrected chi connectivity index (χ3v) is 4.14. The molecular formula is C14H21BrFIN4. The van der Waals surface area contributed by atoms with Crippen LogP contribution in [-0.2, 0) is 6.54 Å². The summed E-state index contributed by atoms with van der Waals surface area (Å²) in [6.45, 7) is 4.58. The van der Waals surface area contributed by atoms with Crippen molar-refractivity contribution in [3.05, 3.63) is 34.1 Å². The summed E-state index contributed by atoms with van der Waals surface area (Å²) in [6, 6.07) is 5.33. The van der Waals surface area contributed by atoms with Gasteiger partial charge in [0, 0.05) is 46.8 Å². The molecule has 1 aliphatic heterocycles. The standard InChI is InChI=1S/C14H20BrFN4.HI/c1-17-14(18-2)20-7-5-19(6-8-20)10-11-3-4-12(15)13(16)9-11;/h3-4,9H,5-8,10H2,1-2H3,(H,17,18);1H. The van der Waals surface area contributed by atoms with Gasteiger partial charge in [-0.05, 0) is 33.6 Å². The summed E-state index contributed by atoms with van der Waals surface area (Å²) in [5, 5.41) is 3.10. The topological polar surface area (TPSA) is 30.9 Å². The van der Waals surface area contributed by atoms with Gasteiger partial charge in [-0.3, -0.25) is 9.89 Å². The van der Waals surface area contributed by atoms with Gasteiger partial charge in [-0.1, -0.05) is 6.07 Å². The zero-order valence-corrected chi connectivity index (χ0v) is 16.2. The van der Waals surface area contributed by atoms with E-state index < -0.39 is 0 Å². The van der Waals surface area contributed by atoms with Gasteiger partial charge in [-0.25, -0.2) is 4.39 Å². The Bertz CT molecular complexity index is 490. The minimum absolute atomic E-state index is 0. The van der Waals surface area contributed by atoms with Crippen LogP contribution in [0, 0.1) is 5.82 Å². The Labute approximate surface area is 150 Å². The first-order valence-electron chi connectivity index (χ1n) is 6.70. The summed E-state index contributed by atoms with van der Waals surface area (Å²) < 4.78 is 14.0. The van der Waals surface area contributed by atoms with Crippen molar-refractivity contribution in [1.82, 2.24) is 15.1 Å². The highest BCUT2D eigenvalue weighted by molar-refractivity contribution is 14.0. The van der Waals surface area contributed by atoms with Crippen molar-refractivity contribution in [3.8, 4) is 0 Å². The van der Waals surface area contributed by atoms with E-state index >= 15 is 0 Å². The first-order valence-corrected chi connectivity index (χ1v) is 7.49. The molecule has 1 aromatic carbocycles. The summed E-state index contributed by atoms with van der Waals surface area (Å²) in [5.74, 6) is 0.732. The number of benzene rings is 1. The van der Waals surface area contributed by atoms with E-state index in [0.717, 1.165) is 44.2 Å². The third kappa shape index (κ3) is 5.07. The quantitative estimate of drug-likeness (QED) is 0.409. The van der Waals surface area contributed by atoms with E-state index in [0.29, 0.717) is 4.47 Å². The Morgan fingerprint density at radius 3 is 2.52 bits per heavy atom. The molecule has 1 aliphatic rings. The second kappa shape index (κ2) is 8.89. The van der Waals surface area contributed by atoms with Crippen molar-refractivity contribution in [2.75, 3.05) is 40.3 Å². The molecule has 0 aliphatic carbocycles. The summed E-state index contributed by atoms with van der Waals surface area (Å²) in [7, 11) is 3.68. The van der Waals surface area contributed by atoms with Crippen LogP contribution in [0.25, 0.3) is 0 Å². The van der Waals surface area contributed by atoms with Crippen LogP contribution in [0.4, 0.5) is 4.39 Å². The molecule has 0 unspecified atom stereocenters. The maximum Gasteiger partial charge on any atom is 0.193 e. The largest absolute Gasteiger partial charge is 0.359 e. The minimum atomic E-state index is -0.197. The van der Waals surface area contributed by atoms with Crippen molar-refractivity contribution in [1.29, 1.82) is 0 Å². The van der Waals surface area contributed by atoms with Crippen molar-refractivity contribution < 1.29 is 4.39 Å². The highest BCUT2D eigenvalue weighted by Gasteiger charge is 2.19. The zero-order valence-electron chi connectivity index (χ0n) is 12.3. The fraction of sp³-hybridized carbons (Fsp3) is 0.500. The van der Waals surface area contributed by atoms with E-state index in [1.54, 1.807) is 19.2 Å². The summed E-state index contributed by atoms with van der Waals surface area (Å²) in [5.41, 5.74) is 1.01. The number of nitrogens with zero attached hydrogens (tertiary/aromatic N) is 3. The minimum Gasteiger partial charge on any atom is -0.359 e. The van der Waals surface area contributed by atoms with E-state index in [1.165, 1.54) is 0 Å². The van der Waals surface area contributed by atoms with Crippen molar-refractivity contribution >= 4 is 45.9 Å². The van der Waals surface area contributed by atoms with Crippen LogP contribution < -0.4 is 5.32 Å². The molecule has 21 heavy (non-hydrogen) atoms. The molecular weight excluding hydrogens is 450 g/mol. The van der Waals surface area contributed by atoms with Crippen LogP contribution in [0.2, 0.25) is 0 Å². The molecule has 0 atom stereocenters. The Morgan fingerprint density at radius 2 is 2.00 bits per heavy atom. The van der Waals surface area contributed by atoms with E-state index in [-0.39, 0.29) is 29.8 Å². The maximum atomic E-state index is 13.5. The van der Waals surface area contributed by atoms with Gasteiger partial charge in [0.25, 0.3) is 0 Å². The average molecular weight is 471 g/mol. The molecule has 1 N–H and O–H groups in total. The van der Waals surface area contributed by atoms with E-state index in [4.69, 9.17) is 0 Å². The molecule has 1 heterocycles. The predicted octanol–water partition coefficient (Wildman–Crippen LogP) is 2.53. The summed E-state index contributed by atoms with van der Waals surface area (Å²) in [4.78, 5) is 8.79. The van der Waals surface area contributed by atoms with Gasteiger partial charge in [0.05, 0.1) is 4.47 Å². The van der Waals surface area contributed by atoms with Crippen LogP contribution in [-0.4, -0.2) is 56.0 Å². The van der Waals surface area contributed by atoms with Crippen LogP contribution in [0.5, 0.6) is 0 Å². The molecule has 0 aromatic heterocycles. The van der Waals surface area contributed by atoms with E-state index in [2.05, 4.69) is 36.0 Å².